The molecule has 3 nitrogen and oxygen atoms in total. The van der Waals surface area contributed by atoms with Crippen molar-refractivity contribution in [1.29, 1.82) is 0 Å². The van der Waals surface area contributed by atoms with Gasteiger partial charge < -0.3 is 10.2 Å². The minimum absolute atomic E-state index is 0.172. The van der Waals surface area contributed by atoms with Crippen molar-refractivity contribution in [3.8, 4) is 0 Å². The number of carbonyl (C=O) groups excluding carboxylic acids is 1. The topological polar surface area (TPSA) is 32.3 Å². The van der Waals surface area contributed by atoms with Gasteiger partial charge in [-0.2, -0.15) is 0 Å². The van der Waals surface area contributed by atoms with E-state index < -0.39 is 0 Å². The first kappa shape index (κ1) is 11.7. The Kier molecular flexibility index (Phi) is 4.08. The largest absolute Gasteiger partial charge is 0.319 e. The van der Waals surface area contributed by atoms with Crippen LogP contribution in [-0.4, -0.2) is 44.4 Å². The summed E-state index contributed by atoms with van der Waals surface area (Å²) in [6.07, 6.45) is 0. The van der Waals surface area contributed by atoms with Crippen LogP contribution in [0, 0.1) is 17.8 Å². The summed E-state index contributed by atoms with van der Waals surface area (Å²) in [5, 5.41) is 3.18. The molecule has 0 saturated carbocycles. The van der Waals surface area contributed by atoms with Gasteiger partial charge in [0.2, 0.25) is 0 Å². The van der Waals surface area contributed by atoms with Gasteiger partial charge in [-0.25, -0.2) is 0 Å². The Hall–Kier alpha value is -0.410. The lowest BCUT2D eigenvalue weighted by atomic mass is 9.87. The molecule has 1 rings (SSSR count). The van der Waals surface area contributed by atoms with Crippen LogP contribution in [0.5, 0.6) is 0 Å². The highest BCUT2D eigenvalue weighted by atomic mass is 16.1. The third kappa shape index (κ3) is 2.55. The summed E-state index contributed by atoms with van der Waals surface area (Å²) in [4.78, 5) is 14.2. The van der Waals surface area contributed by atoms with E-state index in [-0.39, 0.29) is 11.8 Å². The molecule has 0 aromatic rings. The van der Waals surface area contributed by atoms with Crippen LogP contribution < -0.4 is 5.32 Å². The Balaban J connectivity index is 2.61. The molecular formula is C11H22N2O. The van der Waals surface area contributed by atoms with Crippen molar-refractivity contribution >= 4 is 5.78 Å². The van der Waals surface area contributed by atoms with Crippen molar-refractivity contribution in [2.45, 2.75) is 13.8 Å². The average Bonchev–Trinajstić information content (AvgIpc) is 2.46. The standard InChI is InChI=1S/C11H22N2O/c1-8(2)11(14)10-7-13(4)6-9(10)5-12-3/h8-10,12H,5-7H2,1-4H3. The Labute approximate surface area is 86.9 Å². The van der Waals surface area contributed by atoms with Gasteiger partial charge in [0.05, 0.1) is 0 Å². The van der Waals surface area contributed by atoms with Crippen LogP contribution in [0.2, 0.25) is 0 Å². The van der Waals surface area contributed by atoms with E-state index in [2.05, 4.69) is 17.3 Å². The summed E-state index contributed by atoms with van der Waals surface area (Å²) in [6, 6.07) is 0. The molecule has 0 radical (unpaired) electrons. The fraction of sp³-hybridized carbons (Fsp3) is 0.909. The summed E-state index contributed by atoms with van der Waals surface area (Å²) < 4.78 is 0. The van der Waals surface area contributed by atoms with E-state index in [1.54, 1.807) is 0 Å². The first-order valence-corrected chi connectivity index (χ1v) is 5.43. The molecule has 2 atom stereocenters. The molecular weight excluding hydrogens is 176 g/mol. The van der Waals surface area contributed by atoms with Gasteiger partial charge in [-0.05, 0) is 26.6 Å². The molecule has 0 bridgehead atoms. The molecule has 0 aromatic carbocycles. The van der Waals surface area contributed by atoms with Gasteiger partial charge in [-0.3, -0.25) is 4.79 Å². The number of hydrogen-bond donors (Lipinski definition) is 1. The lowest BCUT2D eigenvalue weighted by Crippen LogP contribution is -2.32. The molecule has 3 heteroatoms. The molecule has 14 heavy (non-hydrogen) atoms. The third-order valence-corrected chi connectivity index (χ3v) is 3.02. The number of hydrogen-bond acceptors (Lipinski definition) is 3. The summed E-state index contributed by atoms with van der Waals surface area (Å²) in [6.45, 7) is 6.93. The number of likely N-dealkylation sites (tertiary alicyclic amines) is 1. The van der Waals surface area contributed by atoms with Crippen LogP contribution in [0.1, 0.15) is 13.8 Å². The maximum atomic E-state index is 11.9. The second-order valence-corrected chi connectivity index (χ2v) is 4.70. The first-order chi connectivity index (χ1) is 6.56. The molecule has 1 aliphatic heterocycles. The fourth-order valence-corrected chi connectivity index (χ4v) is 2.31. The van der Waals surface area contributed by atoms with Gasteiger partial charge in [-0.15, -0.1) is 0 Å². The Bertz CT molecular complexity index is 203. The van der Waals surface area contributed by atoms with Crippen molar-refractivity contribution < 1.29 is 4.79 Å². The average molecular weight is 198 g/mol. The summed E-state index contributed by atoms with van der Waals surface area (Å²) in [5.41, 5.74) is 0. The molecule has 0 aliphatic carbocycles. The summed E-state index contributed by atoms with van der Waals surface area (Å²) >= 11 is 0. The number of ketones is 1. The minimum atomic E-state index is 0.172. The molecule has 82 valence electrons. The smallest absolute Gasteiger partial charge is 0.140 e. The number of nitrogens with zero attached hydrogens (tertiary/aromatic N) is 1. The fourth-order valence-electron chi connectivity index (χ4n) is 2.31. The van der Waals surface area contributed by atoms with Crippen molar-refractivity contribution in [2.24, 2.45) is 17.8 Å². The maximum Gasteiger partial charge on any atom is 0.140 e. The van der Waals surface area contributed by atoms with Crippen LogP contribution in [0.15, 0.2) is 0 Å². The lowest BCUT2D eigenvalue weighted by molar-refractivity contribution is -0.126. The highest BCUT2D eigenvalue weighted by Crippen LogP contribution is 2.24. The molecule has 1 N–H and O–H groups in total. The van der Waals surface area contributed by atoms with E-state index >= 15 is 0 Å². The normalized spacial score (nSPS) is 28.6. The van der Waals surface area contributed by atoms with Crippen LogP contribution in [0.25, 0.3) is 0 Å². The van der Waals surface area contributed by atoms with Crippen LogP contribution in [0.4, 0.5) is 0 Å². The molecule has 0 aromatic heterocycles. The maximum absolute atomic E-state index is 11.9. The monoisotopic (exact) mass is 198 g/mol. The highest BCUT2D eigenvalue weighted by molar-refractivity contribution is 5.83. The number of nitrogens with one attached hydrogen (secondary N) is 1. The predicted molar refractivity (Wildman–Crippen MR) is 58.2 cm³/mol. The zero-order chi connectivity index (χ0) is 10.7. The van der Waals surface area contributed by atoms with Gasteiger partial charge in [0, 0.05) is 24.9 Å². The van der Waals surface area contributed by atoms with Crippen LogP contribution >= 0.6 is 0 Å². The van der Waals surface area contributed by atoms with E-state index in [0.717, 1.165) is 19.6 Å². The Morgan fingerprint density at radius 2 is 2.14 bits per heavy atom. The number of Topliss-reactive ketones (excluding diaryl/α,β-unsaturated/α-hetero) is 1. The van der Waals surface area contributed by atoms with Gasteiger partial charge in [-0.1, -0.05) is 13.8 Å². The Morgan fingerprint density at radius 1 is 1.50 bits per heavy atom. The van der Waals surface area contributed by atoms with Crippen molar-refractivity contribution in [2.75, 3.05) is 33.7 Å². The molecule has 1 aliphatic rings. The van der Waals surface area contributed by atoms with E-state index in [0.29, 0.717) is 11.7 Å². The van der Waals surface area contributed by atoms with Gasteiger partial charge in [0.15, 0.2) is 0 Å². The zero-order valence-electron chi connectivity index (χ0n) is 9.71. The van der Waals surface area contributed by atoms with Crippen molar-refractivity contribution in [3.63, 3.8) is 0 Å². The third-order valence-electron chi connectivity index (χ3n) is 3.02. The van der Waals surface area contributed by atoms with Crippen LogP contribution in [-0.2, 0) is 4.79 Å². The van der Waals surface area contributed by atoms with E-state index in [1.807, 2.05) is 20.9 Å². The summed E-state index contributed by atoms with van der Waals surface area (Å²) in [7, 11) is 4.05. The second kappa shape index (κ2) is 4.89. The molecule has 0 spiro atoms. The number of rotatable bonds is 4. The molecule has 2 unspecified atom stereocenters. The van der Waals surface area contributed by atoms with E-state index in [9.17, 15) is 4.79 Å². The van der Waals surface area contributed by atoms with Crippen LogP contribution in [0.3, 0.4) is 0 Å². The highest BCUT2D eigenvalue weighted by Gasteiger charge is 2.35. The SMILES string of the molecule is CNCC1CN(C)CC1C(=O)C(C)C. The quantitative estimate of drug-likeness (QED) is 0.718. The predicted octanol–water partition coefficient (Wildman–Crippen LogP) is 0.609. The molecule has 1 fully saturated rings. The van der Waals surface area contributed by atoms with E-state index in [1.165, 1.54) is 0 Å². The first-order valence-electron chi connectivity index (χ1n) is 5.43. The van der Waals surface area contributed by atoms with E-state index in [4.69, 9.17) is 0 Å². The van der Waals surface area contributed by atoms with Crippen molar-refractivity contribution in [3.05, 3.63) is 0 Å². The lowest BCUT2D eigenvalue weighted by Gasteiger charge is -2.18. The minimum Gasteiger partial charge on any atom is -0.319 e. The molecule has 1 heterocycles. The second-order valence-electron chi connectivity index (χ2n) is 4.70. The molecule has 1 saturated heterocycles. The van der Waals surface area contributed by atoms with Gasteiger partial charge in [0.25, 0.3) is 0 Å². The molecule has 0 amide bonds. The van der Waals surface area contributed by atoms with Gasteiger partial charge >= 0.3 is 0 Å². The number of carbonyl (C=O) groups is 1. The Morgan fingerprint density at radius 3 is 2.64 bits per heavy atom. The van der Waals surface area contributed by atoms with Crippen molar-refractivity contribution in [1.82, 2.24) is 10.2 Å². The zero-order valence-corrected chi connectivity index (χ0v) is 9.71. The summed E-state index contributed by atoms with van der Waals surface area (Å²) in [5.74, 6) is 1.34. The van der Waals surface area contributed by atoms with Gasteiger partial charge in [0.1, 0.15) is 5.78 Å².